The van der Waals surface area contributed by atoms with E-state index in [9.17, 15) is 9.50 Å². The van der Waals surface area contributed by atoms with Crippen LogP contribution in [0.3, 0.4) is 0 Å². The molecule has 1 aliphatic heterocycles. The van der Waals surface area contributed by atoms with Gasteiger partial charge in [-0.3, -0.25) is 4.90 Å². The summed E-state index contributed by atoms with van der Waals surface area (Å²) in [6.07, 6.45) is -0.622. The van der Waals surface area contributed by atoms with E-state index < -0.39 is 6.10 Å². The second-order valence-electron chi connectivity index (χ2n) is 6.09. The van der Waals surface area contributed by atoms with E-state index in [1.165, 1.54) is 12.1 Å². The Morgan fingerprint density at radius 1 is 1.27 bits per heavy atom. The summed E-state index contributed by atoms with van der Waals surface area (Å²) in [6.45, 7) is 2.81. The number of rotatable bonds is 6. The second kappa shape index (κ2) is 10.2. The molecule has 1 fully saturated rings. The van der Waals surface area contributed by atoms with Crippen LogP contribution in [0, 0.1) is 5.82 Å². The number of aliphatic hydroxyl groups is 1. The summed E-state index contributed by atoms with van der Waals surface area (Å²) >= 11 is 3.48. The molecule has 0 amide bonds. The summed E-state index contributed by atoms with van der Waals surface area (Å²) in [4.78, 5) is 2.17. The first-order chi connectivity index (χ1) is 12.1. The largest absolute Gasteiger partial charge is 0.491 e. The zero-order valence-corrected chi connectivity index (χ0v) is 16.6. The van der Waals surface area contributed by atoms with Crippen molar-refractivity contribution in [1.82, 2.24) is 4.90 Å². The third-order valence-electron chi connectivity index (χ3n) is 4.10. The van der Waals surface area contributed by atoms with E-state index in [2.05, 4.69) is 26.9 Å². The monoisotopic (exact) mass is 445 g/mol. The molecule has 2 aromatic rings. The predicted molar refractivity (Wildman–Crippen MR) is 104 cm³/mol. The highest BCUT2D eigenvalue weighted by molar-refractivity contribution is 9.10. The molecule has 0 bridgehead atoms. The number of ether oxygens (including phenoxy) is 2. The van der Waals surface area contributed by atoms with E-state index in [1.54, 1.807) is 12.1 Å². The Morgan fingerprint density at radius 3 is 2.77 bits per heavy atom. The summed E-state index contributed by atoms with van der Waals surface area (Å²) in [7, 11) is 0. The van der Waals surface area contributed by atoms with Crippen molar-refractivity contribution in [2.45, 2.75) is 12.2 Å². The lowest BCUT2D eigenvalue weighted by Crippen LogP contribution is -2.43. The number of halogens is 3. The van der Waals surface area contributed by atoms with Gasteiger partial charge in [-0.05, 0) is 42.0 Å². The van der Waals surface area contributed by atoms with Crippen LogP contribution in [-0.4, -0.2) is 49.0 Å². The fraction of sp³-hybridized carbons (Fsp3) is 0.368. The summed E-state index contributed by atoms with van der Waals surface area (Å²) in [5, 5.41) is 10.2. The minimum Gasteiger partial charge on any atom is -0.491 e. The van der Waals surface area contributed by atoms with Gasteiger partial charge in [0, 0.05) is 24.1 Å². The maximum atomic E-state index is 12.9. The minimum absolute atomic E-state index is 0. The van der Waals surface area contributed by atoms with Crippen LogP contribution in [0.15, 0.2) is 53.0 Å². The zero-order chi connectivity index (χ0) is 17.6. The van der Waals surface area contributed by atoms with Crippen molar-refractivity contribution < 1.29 is 19.0 Å². The smallest absolute Gasteiger partial charge is 0.123 e. The average molecular weight is 447 g/mol. The molecule has 1 heterocycles. The number of morpholine rings is 1. The fourth-order valence-electron chi connectivity index (χ4n) is 2.85. The van der Waals surface area contributed by atoms with E-state index in [0.717, 1.165) is 23.1 Å². The van der Waals surface area contributed by atoms with Crippen LogP contribution in [0.5, 0.6) is 5.75 Å². The molecule has 2 aromatic carbocycles. The van der Waals surface area contributed by atoms with E-state index in [-0.39, 0.29) is 30.9 Å². The van der Waals surface area contributed by atoms with Gasteiger partial charge in [0.25, 0.3) is 0 Å². The maximum Gasteiger partial charge on any atom is 0.123 e. The van der Waals surface area contributed by atoms with Crippen molar-refractivity contribution in [2.24, 2.45) is 0 Å². The molecule has 0 aliphatic carbocycles. The lowest BCUT2D eigenvalue weighted by atomic mass is 10.1. The molecule has 142 valence electrons. The summed E-state index contributed by atoms with van der Waals surface area (Å²) in [6, 6.07) is 13.9. The van der Waals surface area contributed by atoms with Crippen LogP contribution in [0.25, 0.3) is 0 Å². The summed E-state index contributed by atoms with van der Waals surface area (Å²) < 4.78 is 25.3. The van der Waals surface area contributed by atoms with E-state index >= 15 is 0 Å². The first-order valence-electron chi connectivity index (χ1n) is 8.26. The number of β-amino-alcohol motifs (C(OH)–C–C–N with tert-alkyl or cyclic N) is 1. The Labute approximate surface area is 167 Å². The van der Waals surface area contributed by atoms with Gasteiger partial charge < -0.3 is 14.6 Å². The molecule has 0 spiro atoms. The first kappa shape index (κ1) is 21.1. The highest BCUT2D eigenvalue weighted by Gasteiger charge is 2.23. The van der Waals surface area contributed by atoms with Gasteiger partial charge >= 0.3 is 0 Å². The number of benzene rings is 2. The van der Waals surface area contributed by atoms with Gasteiger partial charge in [-0.2, -0.15) is 0 Å². The van der Waals surface area contributed by atoms with Crippen molar-refractivity contribution in [1.29, 1.82) is 0 Å². The molecule has 26 heavy (non-hydrogen) atoms. The van der Waals surface area contributed by atoms with Gasteiger partial charge in [-0.1, -0.05) is 28.1 Å². The Bertz CT molecular complexity index is 689. The molecule has 4 nitrogen and oxygen atoms in total. The number of nitrogens with zero attached hydrogens (tertiary/aromatic N) is 1. The predicted octanol–water partition coefficient (Wildman–Crippen LogP) is 3.82. The summed E-state index contributed by atoms with van der Waals surface area (Å²) in [5.74, 6) is 0.245. The number of hydrogen-bond acceptors (Lipinski definition) is 4. The lowest BCUT2D eigenvalue weighted by molar-refractivity contribution is -0.0459. The molecule has 7 heteroatoms. The SMILES string of the molecule is Cl.OC(COc1ccc(F)cc1)CN1CCOC(c2cccc(Br)c2)C1. The highest BCUT2D eigenvalue weighted by atomic mass is 79.9. The minimum atomic E-state index is -0.619. The van der Waals surface area contributed by atoms with Crippen molar-refractivity contribution in [3.63, 3.8) is 0 Å². The summed E-state index contributed by atoms with van der Waals surface area (Å²) in [5.41, 5.74) is 1.12. The Morgan fingerprint density at radius 2 is 2.04 bits per heavy atom. The maximum absolute atomic E-state index is 12.9. The normalized spacial score (nSPS) is 18.8. The van der Waals surface area contributed by atoms with Crippen molar-refractivity contribution in [3.05, 3.63) is 64.4 Å². The van der Waals surface area contributed by atoms with E-state index in [4.69, 9.17) is 9.47 Å². The third-order valence-corrected chi connectivity index (χ3v) is 4.59. The van der Waals surface area contributed by atoms with E-state index in [0.29, 0.717) is 18.9 Å². The third kappa shape index (κ3) is 6.21. The van der Waals surface area contributed by atoms with Crippen LogP contribution in [0.2, 0.25) is 0 Å². The Hall–Kier alpha value is -1.18. The number of hydrogen-bond donors (Lipinski definition) is 1. The van der Waals surface area contributed by atoms with Crippen LogP contribution in [0.1, 0.15) is 11.7 Å². The van der Waals surface area contributed by atoms with Gasteiger partial charge in [0.1, 0.15) is 24.3 Å². The van der Waals surface area contributed by atoms with Crippen LogP contribution in [-0.2, 0) is 4.74 Å². The molecule has 1 aliphatic rings. The van der Waals surface area contributed by atoms with Crippen LogP contribution < -0.4 is 4.74 Å². The van der Waals surface area contributed by atoms with Gasteiger partial charge in [0.2, 0.25) is 0 Å². The molecule has 2 unspecified atom stereocenters. The Balaban J connectivity index is 0.00000243. The number of aliphatic hydroxyl groups excluding tert-OH is 1. The standard InChI is InChI=1S/C19H21BrFNO3.ClH/c20-15-3-1-2-14(10-15)19-12-22(8-9-24-19)11-17(23)13-25-18-6-4-16(21)5-7-18;/h1-7,10,17,19,23H,8-9,11-13H2;1H. The van der Waals surface area contributed by atoms with Crippen molar-refractivity contribution >= 4 is 28.3 Å². The van der Waals surface area contributed by atoms with E-state index in [1.807, 2.05) is 18.2 Å². The first-order valence-corrected chi connectivity index (χ1v) is 9.05. The lowest BCUT2D eigenvalue weighted by Gasteiger charge is -2.34. The molecule has 2 atom stereocenters. The molecule has 0 aromatic heterocycles. The average Bonchev–Trinajstić information content (AvgIpc) is 2.61. The molecule has 0 radical (unpaired) electrons. The van der Waals surface area contributed by atoms with Crippen LogP contribution >= 0.6 is 28.3 Å². The van der Waals surface area contributed by atoms with Gasteiger partial charge in [-0.15, -0.1) is 12.4 Å². The van der Waals surface area contributed by atoms with Gasteiger partial charge in [0.05, 0.1) is 12.7 Å². The molecule has 0 saturated carbocycles. The highest BCUT2D eigenvalue weighted by Crippen LogP contribution is 2.24. The quantitative estimate of drug-likeness (QED) is 0.732. The fourth-order valence-corrected chi connectivity index (χ4v) is 3.27. The van der Waals surface area contributed by atoms with Crippen molar-refractivity contribution in [3.8, 4) is 5.75 Å². The Kier molecular flexibility index (Phi) is 8.31. The van der Waals surface area contributed by atoms with Gasteiger partial charge in [-0.25, -0.2) is 4.39 Å². The topological polar surface area (TPSA) is 41.9 Å². The molecule has 1 saturated heterocycles. The van der Waals surface area contributed by atoms with Crippen molar-refractivity contribution in [2.75, 3.05) is 32.8 Å². The van der Waals surface area contributed by atoms with Gasteiger partial charge in [0.15, 0.2) is 0 Å². The molecular weight excluding hydrogens is 425 g/mol. The van der Waals surface area contributed by atoms with Crippen LogP contribution in [0.4, 0.5) is 4.39 Å². The zero-order valence-electron chi connectivity index (χ0n) is 14.2. The molecule has 3 rings (SSSR count). The molecule has 1 N–H and O–H groups in total. The second-order valence-corrected chi connectivity index (χ2v) is 7.01. The molecular formula is C19H22BrClFNO3.